The lowest BCUT2D eigenvalue weighted by Gasteiger charge is -2.31. The molecule has 1 unspecified atom stereocenters. The quantitative estimate of drug-likeness (QED) is 0.791. The Hall–Kier alpha value is -0.970. The lowest BCUT2D eigenvalue weighted by atomic mass is 9.82. The van der Waals surface area contributed by atoms with Gasteiger partial charge in [-0.15, -0.1) is 0 Å². The molecule has 100 valence electrons. The normalized spacial score (nSPS) is 31.3. The zero-order valence-electron chi connectivity index (χ0n) is 10.5. The van der Waals surface area contributed by atoms with Crippen molar-refractivity contribution in [1.82, 2.24) is 4.90 Å². The first-order chi connectivity index (χ1) is 8.61. The average Bonchev–Trinajstić information content (AvgIpc) is 2.90. The molecular formula is C13H19NO3S. The molecule has 0 aromatic heterocycles. The van der Waals surface area contributed by atoms with Gasteiger partial charge in [-0.25, -0.2) is 0 Å². The third-order valence-electron chi connectivity index (χ3n) is 3.87. The molecule has 2 rings (SSSR count). The van der Waals surface area contributed by atoms with Gasteiger partial charge in [0.15, 0.2) is 0 Å². The van der Waals surface area contributed by atoms with Crippen LogP contribution in [0.2, 0.25) is 0 Å². The van der Waals surface area contributed by atoms with Crippen molar-refractivity contribution in [2.75, 3.05) is 18.6 Å². The number of hydrogen-bond donors (Lipinski definition) is 1. The Morgan fingerprint density at radius 3 is 2.50 bits per heavy atom. The lowest BCUT2D eigenvalue weighted by molar-refractivity contribution is -0.150. The maximum Gasteiger partial charge on any atom is 0.307 e. The van der Waals surface area contributed by atoms with Gasteiger partial charge in [-0.05, 0) is 25.0 Å². The third kappa shape index (κ3) is 2.71. The molecule has 0 spiro atoms. The molecular weight excluding hydrogens is 250 g/mol. The van der Waals surface area contributed by atoms with Crippen molar-refractivity contribution in [3.63, 3.8) is 0 Å². The van der Waals surface area contributed by atoms with Gasteiger partial charge < -0.3 is 10.0 Å². The van der Waals surface area contributed by atoms with E-state index < -0.39 is 11.9 Å². The van der Waals surface area contributed by atoms with Crippen LogP contribution in [0.3, 0.4) is 0 Å². The Morgan fingerprint density at radius 1 is 1.28 bits per heavy atom. The van der Waals surface area contributed by atoms with Gasteiger partial charge in [0.2, 0.25) is 5.91 Å². The molecule has 1 amide bonds. The highest BCUT2D eigenvalue weighted by Crippen LogP contribution is 2.30. The van der Waals surface area contributed by atoms with Crippen LogP contribution in [-0.4, -0.2) is 46.5 Å². The standard InChI is InChI=1S/C13H19NO3S/c1-14(9-6-7-18-8-9)12(15)10-4-2-3-5-11(10)13(16)17/h2-3,9-11H,4-8H2,1H3,(H,16,17)/t9?,10-,11+/m1/s1. The molecule has 3 atom stereocenters. The van der Waals surface area contributed by atoms with Gasteiger partial charge in [0, 0.05) is 18.8 Å². The van der Waals surface area contributed by atoms with Gasteiger partial charge in [-0.3, -0.25) is 9.59 Å². The largest absolute Gasteiger partial charge is 0.481 e. The summed E-state index contributed by atoms with van der Waals surface area (Å²) >= 11 is 1.86. The highest BCUT2D eigenvalue weighted by atomic mass is 32.2. The van der Waals surface area contributed by atoms with E-state index in [4.69, 9.17) is 0 Å². The molecule has 0 radical (unpaired) electrons. The molecule has 0 aromatic carbocycles. The molecule has 0 aromatic rings. The van der Waals surface area contributed by atoms with E-state index in [1.165, 1.54) is 0 Å². The second kappa shape index (κ2) is 5.78. The van der Waals surface area contributed by atoms with Crippen LogP contribution < -0.4 is 0 Å². The lowest BCUT2D eigenvalue weighted by Crippen LogP contribution is -2.44. The molecule has 0 bridgehead atoms. The summed E-state index contributed by atoms with van der Waals surface area (Å²) in [6.45, 7) is 0. The number of amides is 1. The van der Waals surface area contributed by atoms with E-state index in [2.05, 4.69) is 0 Å². The summed E-state index contributed by atoms with van der Waals surface area (Å²) < 4.78 is 0. The summed E-state index contributed by atoms with van der Waals surface area (Å²) in [4.78, 5) is 25.4. The van der Waals surface area contributed by atoms with Crippen LogP contribution in [-0.2, 0) is 9.59 Å². The van der Waals surface area contributed by atoms with Crippen molar-refractivity contribution in [3.8, 4) is 0 Å². The highest BCUT2D eigenvalue weighted by molar-refractivity contribution is 7.99. The average molecular weight is 269 g/mol. The molecule has 1 aliphatic carbocycles. The van der Waals surface area contributed by atoms with E-state index in [-0.39, 0.29) is 17.9 Å². The highest BCUT2D eigenvalue weighted by Gasteiger charge is 2.37. The summed E-state index contributed by atoms with van der Waals surface area (Å²) in [5, 5.41) is 9.20. The smallest absolute Gasteiger partial charge is 0.307 e. The number of carboxylic acid groups (broad SMARTS) is 1. The van der Waals surface area contributed by atoms with Crippen LogP contribution in [0.25, 0.3) is 0 Å². The number of carbonyl (C=O) groups excluding carboxylic acids is 1. The van der Waals surface area contributed by atoms with Crippen molar-refractivity contribution in [3.05, 3.63) is 12.2 Å². The molecule has 1 aliphatic heterocycles. The van der Waals surface area contributed by atoms with Crippen LogP contribution in [0.5, 0.6) is 0 Å². The Bertz CT molecular complexity index is 363. The number of hydrogen-bond acceptors (Lipinski definition) is 3. The molecule has 2 aliphatic rings. The number of nitrogens with zero attached hydrogens (tertiary/aromatic N) is 1. The Kier molecular flexibility index (Phi) is 4.32. The van der Waals surface area contributed by atoms with Crippen LogP contribution >= 0.6 is 11.8 Å². The molecule has 1 saturated heterocycles. The number of rotatable bonds is 3. The summed E-state index contributed by atoms with van der Waals surface area (Å²) in [7, 11) is 1.82. The Balaban J connectivity index is 2.06. The summed E-state index contributed by atoms with van der Waals surface area (Å²) in [6, 6.07) is 0.280. The number of carbonyl (C=O) groups is 2. The molecule has 1 fully saturated rings. The Morgan fingerprint density at radius 2 is 1.94 bits per heavy atom. The van der Waals surface area contributed by atoms with Gasteiger partial charge >= 0.3 is 5.97 Å². The van der Waals surface area contributed by atoms with E-state index >= 15 is 0 Å². The van der Waals surface area contributed by atoms with Crippen LogP contribution in [0, 0.1) is 11.8 Å². The maximum absolute atomic E-state index is 12.4. The molecule has 1 heterocycles. The minimum Gasteiger partial charge on any atom is -0.481 e. The fourth-order valence-electron chi connectivity index (χ4n) is 2.63. The zero-order valence-corrected chi connectivity index (χ0v) is 11.4. The fourth-order valence-corrected chi connectivity index (χ4v) is 3.90. The summed E-state index contributed by atoms with van der Waals surface area (Å²) in [6.07, 6.45) is 5.85. The predicted octanol–water partition coefficient (Wildman–Crippen LogP) is 1.62. The van der Waals surface area contributed by atoms with Gasteiger partial charge in [0.05, 0.1) is 11.8 Å². The van der Waals surface area contributed by atoms with Crippen LogP contribution in [0.4, 0.5) is 0 Å². The minimum atomic E-state index is -0.855. The van der Waals surface area contributed by atoms with Crippen molar-refractivity contribution in [1.29, 1.82) is 0 Å². The zero-order chi connectivity index (χ0) is 13.1. The SMILES string of the molecule is CN(C(=O)[C@@H]1CC=CC[C@@H]1C(=O)O)C1CCSC1. The van der Waals surface area contributed by atoms with E-state index in [9.17, 15) is 14.7 Å². The minimum absolute atomic E-state index is 0.000694. The number of carboxylic acids is 1. The van der Waals surface area contributed by atoms with E-state index in [0.717, 1.165) is 17.9 Å². The van der Waals surface area contributed by atoms with Gasteiger partial charge in [0.1, 0.15) is 0 Å². The van der Waals surface area contributed by atoms with E-state index in [0.29, 0.717) is 12.8 Å². The van der Waals surface area contributed by atoms with Gasteiger partial charge in [0.25, 0.3) is 0 Å². The van der Waals surface area contributed by atoms with Crippen molar-refractivity contribution in [2.24, 2.45) is 11.8 Å². The second-order valence-corrected chi connectivity index (χ2v) is 6.11. The van der Waals surface area contributed by atoms with Crippen LogP contribution in [0.15, 0.2) is 12.2 Å². The first kappa shape index (κ1) is 13.5. The number of aliphatic carboxylic acids is 1. The molecule has 0 saturated carbocycles. The number of thioether (sulfide) groups is 1. The van der Waals surface area contributed by atoms with Gasteiger partial charge in [-0.1, -0.05) is 12.2 Å². The first-order valence-corrected chi connectivity index (χ1v) is 7.49. The molecule has 5 heteroatoms. The Labute approximate surface area is 111 Å². The molecule has 1 N–H and O–H groups in total. The molecule has 4 nitrogen and oxygen atoms in total. The van der Waals surface area contributed by atoms with Crippen molar-refractivity contribution in [2.45, 2.75) is 25.3 Å². The monoisotopic (exact) mass is 269 g/mol. The van der Waals surface area contributed by atoms with Crippen molar-refractivity contribution < 1.29 is 14.7 Å². The first-order valence-electron chi connectivity index (χ1n) is 6.33. The third-order valence-corrected chi connectivity index (χ3v) is 5.01. The maximum atomic E-state index is 12.4. The van der Waals surface area contributed by atoms with E-state index in [1.54, 1.807) is 4.90 Å². The summed E-state index contributed by atoms with van der Waals surface area (Å²) in [5.41, 5.74) is 0. The van der Waals surface area contributed by atoms with Crippen LogP contribution in [0.1, 0.15) is 19.3 Å². The summed E-state index contributed by atoms with van der Waals surface area (Å²) in [5.74, 6) is 0.269. The molecule has 18 heavy (non-hydrogen) atoms. The van der Waals surface area contributed by atoms with Gasteiger partial charge in [-0.2, -0.15) is 11.8 Å². The van der Waals surface area contributed by atoms with E-state index in [1.807, 2.05) is 31.0 Å². The second-order valence-electron chi connectivity index (χ2n) is 4.96. The fraction of sp³-hybridized carbons (Fsp3) is 0.692. The number of allylic oxidation sites excluding steroid dienone is 2. The topological polar surface area (TPSA) is 57.6 Å². The predicted molar refractivity (Wildman–Crippen MR) is 71.5 cm³/mol. The van der Waals surface area contributed by atoms with Crippen molar-refractivity contribution >= 4 is 23.6 Å².